The number of methoxy groups -OCH3 is 1. The highest BCUT2D eigenvalue weighted by Crippen LogP contribution is 2.29. The van der Waals surface area contributed by atoms with E-state index in [4.69, 9.17) is 9.47 Å². The first kappa shape index (κ1) is 18.7. The van der Waals surface area contributed by atoms with Crippen LogP contribution in [0.2, 0.25) is 0 Å². The zero-order chi connectivity index (χ0) is 20.1. The molecule has 2 aromatic carbocycles. The second kappa shape index (κ2) is 8.60. The summed E-state index contributed by atoms with van der Waals surface area (Å²) in [5.41, 5.74) is 2.78. The number of nitrogens with zero attached hydrogens (tertiary/aromatic N) is 4. The molecule has 2 heterocycles. The highest BCUT2D eigenvalue weighted by molar-refractivity contribution is 5.87. The van der Waals surface area contributed by atoms with Gasteiger partial charge in [0.2, 0.25) is 0 Å². The van der Waals surface area contributed by atoms with Gasteiger partial charge in [-0.05, 0) is 36.2 Å². The number of hydrogen-bond donors (Lipinski definition) is 1. The van der Waals surface area contributed by atoms with Crippen molar-refractivity contribution in [2.75, 3.05) is 19.0 Å². The van der Waals surface area contributed by atoms with E-state index in [-0.39, 0.29) is 0 Å². The molecule has 29 heavy (non-hydrogen) atoms. The summed E-state index contributed by atoms with van der Waals surface area (Å²) in [5, 5.41) is 8.74. The van der Waals surface area contributed by atoms with Gasteiger partial charge in [0.05, 0.1) is 31.0 Å². The summed E-state index contributed by atoms with van der Waals surface area (Å²) in [7, 11) is 1.65. The van der Waals surface area contributed by atoms with Crippen LogP contribution in [0.3, 0.4) is 0 Å². The lowest BCUT2D eigenvalue weighted by Crippen LogP contribution is -2.04. The molecule has 1 N–H and O–H groups in total. The fourth-order valence-corrected chi connectivity index (χ4v) is 3.08. The van der Waals surface area contributed by atoms with E-state index in [2.05, 4.69) is 27.3 Å². The van der Waals surface area contributed by atoms with Crippen molar-refractivity contribution >= 4 is 16.9 Å². The Morgan fingerprint density at radius 1 is 1.03 bits per heavy atom. The van der Waals surface area contributed by atoms with Crippen LogP contribution >= 0.6 is 0 Å². The minimum Gasteiger partial charge on any atom is -0.493 e. The number of aromatic nitrogens is 4. The van der Waals surface area contributed by atoms with Crippen LogP contribution in [0.5, 0.6) is 11.5 Å². The Labute approximate surface area is 169 Å². The van der Waals surface area contributed by atoms with E-state index in [0.717, 1.165) is 46.0 Å². The highest BCUT2D eigenvalue weighted by atomic mass is 16.5. The van der Waals surface area contributed by atoms with Crippen LogP contribution in [-0.2, 0) is 6.54 Å². The second-order valence-electron chi connectivity index (χ2n) is 6.54. The number of rotatable bonds is 8. The van der Waals surface area contributed by atoms with Gasteiger partial charge < -0.3 is 14.8 Å². The van der Waals surface area contributed by atoms with E-state index in [9.17, 15) is 0 Å². The Hall–Kier alpha value is -3.61. The Bertz CT molecular complexity index is 1100. The third kappa shape index (κ3) is 3.99. The third-order valence-electron chi connectivity index (χ3n) is 4.52. The van der Waals surface area contributed by atoms with Crippen LogP contribution in [0.25, 0.3) is 16.7 Å². The zero-order valence-electron chi connectivity index (χ0n) is 16.5. The molecule has 0 bridgehead atoms. The number of ether oxygens (including phenoxy) is 2. The van der Waals surface area contributed by atoms with Crippen LogP contribution < -0.4 is 14.8 Å². The maximum absolute atomic E-state index is 5.72. The zero-order valence-corrected chi connectivity index (χ0v) is 16.5. The van der Waals surface area contributed by atoms with Gasteiger partial charge in [0.1, 0.15) is 12.1 Å². The smallest absolute Gasteiger partial charge is 0.168 e. The van der Waals surface area contributed by atoms with Crippen LogP contribution in [-0.4, -0.2) is 33.5 Å². The SMILES string of the molecule is CCCOc1ccc(CNc2ncnc3c2cnn3-c2ccccc2)cc1OC. The number of nitrogens with one attached hydrogen (secondary N) is 1. The predicted molar refractivity (Wildman–Crippen MR) is 113 cm³/mol. The Balaban J connectivity index is 1.55. The summed E-state index contributed by atoms with van der Waals surface area (Å²) in [4.78, 5) is 8.81. The van der Waals surface area contributed by atoms with Crippen molar-refractivity contribution in [3.8, 4) is 17.2 Å². The van der Waals surface area contributed by atoms with Gasteiger partial charge >= 0.3 is 0 Å². The number of hydrogen-bond acceptors (Lipinski definition) is 6. The van der Waals surface area contributed by atoms with Crippen molar-refractivity contribution in [2.24, 2.45) is 0 Å². The molecule has 0 radical (unpaired) electrons. The normalized spacial score (nSPS) is 10.8. The van der Waals surface area contributed by atoms with Crippen molar-refractivity contribution < 1.29 is 9.47 Å². The Morgan fingerprint density at radius 3 is 2.69 bits per heavy atom. The summed E-state index contributed by atoms with van der Waals surface area (Å²) in [6, 6.07) is 15.9. The third-order valence-corrected chi connectivity index (χ3v) is 4.52. The molecular formula is C22H23N5O2. The average Bonchev–Trinajstić information content (AvgIpc) is 3.22. The van der Waals surface area contributed by atoms with Crippen LogP contribution in [0.1, 0.15) is 18.9 Å². The van der Waals surface area contributed by atoms with Gasteiger partial charge in [-0.15, -0.1) is 0 Å². The molecule has 0 fully saturated rings. The topological polar surface area (TPSA) is 74.1 Å². The largest absolute Gasteiger partial charge is 0.493 e. The molecule has 7 nitrogen and oxygen atoms in total. The Kier molecular flexibility index (Phi) is 5.56. The van der Waals surface area contributed by atoms with E-state index >= 15 is 0 Å². The number of benzene rings is 2. The summed E-state index contributed by atoms with van der Waals surface area (Å²) in [6.07, 6.45) is 4.29. The molecule has 7 heteroatoms. The van der Waals surface area contributed by atoms with Crippen molar-refractivity contribution in [3.63, 3.8) is 0 Å². The molecule has 0 amide bonds. The summed E-state index contributed by atoms with van der Waals surface area (Å²) >= 11 is 0. The molecule has 4 rings (SSSR count). The Morgan fingerprint density at radius 2 is 1.90 bits per heavy atom. The summed E-state index contributed by atoms with van der Waals surface area (Å²) in [6.45, 7) is 3.33. The van der Waals surface area contributed by atoms with Crippen molar-refractivity contribution in [2.45, 2.75) is 19.9 Å². The molecule has 0 atom stereocenters. The van der Waals surface area contributed by atoms with Gasteiger partial charge in [0, 0.05) is 6.54 Å². The molecule has 148 valence electrons. The van der Waals surface area contributed by atoms with Gasteiger partial charge in [-0.1, -0.05) is 31.2 Å². The van der Waals surface area contributed by atoms with Gasteiger partial charge in [-0.3, -0.25) is 0 Å². The van der Waals surface area contributed by atoms with Gasteiger partial charge in [-0.2, -0.15) is 5.10 Å². The molecule has 0 aliphatic heterocycles. The quantitative estimate of drug-likeness (QED) is 0.486. The molecule has 0 unspecified atom stereocenters. The first-order valence-electron chi connectivity index (χ1n) is 9.58. The van der Waals surface area contributed by atoms with E-state index in [1.165, 1.54) is 0 Å². The minimum absolute atomic E-state index is 0.590. The number of para-hydroxylation sites is 1. The van der Waals surface area contributed by atoms with Crippen LogP contribution in [0.4, 0.5) is 5.82 Å². The van der Waals surface area contributed by atoms with Crippen molar-refractivity contribution in [1.29, 1.82) is 0 Å². The van der Waals surface area contributed by atoms with E-state index in [1.54, 1.807) is 19.6 Å². The molecule has 0 spiro atoms. The molecular weight excluding hydrogens is 366 g/mol. The fraction of sp³-hybridized carbons (Fsp3) is 0.227. The van der Waals surface area contributed by atoms with E-state index < -0.39 is 0 Å². The van der Waals surface area contributed by atoms with Gasteiger partial charge in [-0.25, -0.2) is 14.6 Å². The monoisotopic (exact) mass is 389 g/mol. The highest BCUT2D eigenvalue weighted by Gasteiger charge is 2.11. The van der Waals surface area contributed by atoms with E-state index in [1.807, 2.05) is 53.2 Å². The van der Waals surface area contributed by atoms with Crippen LogP contribution in [0.15, 0.2) is 61.1 Å². The number of anilines is 1. The molecule has 0 aliphatic rings. The predicted octanol–water partition coefficient (Wildman–Crippen LogP) is 4.23. The van der Waals surface area contributed by atoms with Crippen LogP contribution in [0, 0.1) is 0 Å². The lowest BCUT2D eigenvalue weighted by atomic mass is 10.2. The summed E-state index contributed by atoms with van der Waals surface area (Å²) in [5.74, 6) is 2.22. The van der Waals surface area contributed by atoms with Crippen molar-refractivity contribution in [1.82, 2.24) is 19.7 Å². The lowest BCUT2D eigenvalue weighted by molar-refractivity contribution is 0.294. The molecule has 0 aliphatic carbocycles. The standard InChI is InChI=1S/C22H23N5O2/c1-3-11-29-19-10-9-16(12-20(19)28-2)13-23-21-18-14-26-27(22(18)25-15-24-21)17-7-5-4-6-8-17/h4-10,12,14-15H,3,11,13H2,1-2H3,(H,23,24,25). The lowest BCUT2D eigenvalue weighted by Gasteiger charge is -2.12. The number of fused-ring (bicyclic) bond motifs is 1. The first-order chi connectivity index (χ1) is 14.3. The van der Waals surface area contributed by atoms with E-state index in [0.29, 0.717) is 13.2 Å². The maximum atomic E-state index is 5.72. The second-order valence-corrected chi connectivity index (χ2v) is 6.54. The molecule has 4 aromatic rings. The van der Waals surface area contributed by atoms with Gasteiger partial charge in [0.25, 0.3) is 0 Å². The minimum atomic E-state index is 0.590. The van der Waals surface area contributed by atoms with Gasteiger partial charge in [0.15, 0.2) is 17.1 Å². The average molecular weight is 389 g/mol. The summed E-state index contributed by atoms with van der Waals surface area (Å²) < 4.78 is 13.0. The molecule has 0 saturated heterocycles. The first-order valence-corrected chi connectivity index (χ1v) is 9.58. The van der Waals surface area contributed by atoms with Crippen molar-refractivity contribution in [3.05, 3.63) is 66.6 Å². The maximum Gasteiger partial charge on any atom is 0.168 e. The molecule has 0 saturated carbocycles. The molecule has 2 aromatic heterocycles. The fourth-order valence-electron chi connectivity index (χ4n) is 3.08.